The lowest BCUT2D eigenvalue weighted by molar-refractivity contribution is -0.786. The van der Waals surface area contributed by atoms with E-state index in [-0.39, 0.29) is 0 Å². The largest absolute Gasteiger partial charge is 0.463 e. The summed E-state index contributed by atoms with van der Waals surface area (Å²) in [6.07, 6.45) is -9.28. The van der Waals surface area contributed by atoms with Gasteiger partial charge in [-0.1, -0.05) is 18.2 Å². The molecule has 4 aromatic carbocycles. The van der Waals surface area contributed by atoms with Crippen LogP contribution in [0.25, 0.3) is 0 Å². The van der Waals surface area contributed by atoms with Crippen molar-refractivity contribution in [2.24, 2.45) is 0 Å². The van der Waals surface area contributed by atoms with Gasteiger partial charge in [0.15, 0.2) is 69.8 Å². The summed E-state index contributed by atoms with van der Waals surface area (Å²) in [5.74, 6) is -40.5. The topological polar surface area (TPSA) is 32.1 Å². The minimum Gasteiger partial charge on any atom is -0.379 e. The summed E-state index contributed by atoms with van der Waals surface area (Å²) in [6, 6.07) is 10.4. The molecule has 0 aliphatic heterocycles. The molecule has 0 radical (unpaired) electrons. The second-order valence-corrected chi connectivity index (χ2v) is 15.4. The Morgan fingerprint density at radius 2 is 0.667 bits per heavy atom. The molecule has 0 aliphatic carbocycles. The fourth-order valence-electron chi connectivity index (χ4n) is 6.02. The first-order valence-corrected chi connectivity index (χ1v) is 17.3. The Labute approximate surface area is 299 Å². The van der Waals surface area contributed by atoms with E-state index in [2.05, 4.69) is 38.4 Å². The number of para-hydroxylation sites is 1. The van der Waals surface area contributed by atoms with Gasteiger partial charge in [0.25, 0.3) is 0 Å². The van der Waals surface area contributed by atoms with Crippen molar-refractivity contribution in [3.8, 4) is 0 Å². The van der Waals surface area contributed by atoms with Crippen LogP contribution in [0.1, 0.15) is 16.7 Å². The monoisotopic (exact) mass is 811 g/mol. The summed E-state index contributed by atoms with van der Waals surface area (Å²) in [4.78, 5) is 1.37. The molecule has 0 atom stereocenters. The summed E-state index contributed by atoms with van der Waals surface area (Å²) >= 11 is 0. The van der Waals surface area contributed by atoms with Gasteiger partial charge in [-0.15, -0.1) is 24.9 Å². The summed E-state index contributed by atoms with van der Waals surface area (Å²) in [5, 5.41) is 0. The molecule has 4 nitrogen and oxygen atoms in total. The van der Waals surface area contributed by atoms with Crippen molar-refractivity contribution in [1.29, 1.82) is 0 Å². The quantitative estimate of drug-likeness (QED) is 0.0689. The fourth-order valence-corrected chi connectivity index (χ4v) is 8.52. The van der Waals surface area contributed by atoms with Crippen molar-refractivity contribution in [2.75, 3.05) is 35.4 Å². The first-order valence-electron chi connectivity index (χ1n) is 15.4. The Morgan fingerprint density at radius 1 is 0.426 bits per heavy atom. The Kier molecular flexibility index (Phi) is 14.5. The van der Waals surface area contributed by atoms with Crippen molar-refractivity contribution < 1.29 is 84.0 Å². The van der Waals surface area contributed by atoms with Crippen LogP contribution < -0.4 is 4.90 Å². The predicted molar refractivity (Wildman–Crippen MR) is 166 cm³/mol. The molecule has 54 heavy (non-hydrogen) atoms. The fraction of sp³-hybridized carbons (Fsp3) is 0.273. The van der Waals surface area contributed by atoms with E-state index in [0.717, 1.165) is 21.3 Å². The average molecular weight is 811 g/mol. The number of rotatable bonds is 12. The maximum Gasteiger partial charge on any atom is 0.463 e. The van der Waals surface area contributed by atoms with Crippen LogP contribution >= 0.6 is 0 Å². The number of nitrogens with one attached hydrogen (secondary N) is 1. The van der Waals surface area contributed by atoms with Crippen molar-refractivity contribution >= 4 is 20.6 Å². The van der Waals surface area contributed by atoms with Gasteiger partial charge in [-0.2, -0.15) is 0 Å². The highest BCUT2D eigenvalue weighted by Crippen LogP contribution is 2.38. The van der Waals surface area contributed by atoms with Crippen molar-refractivity contribution in [3.63, 3.8) is 0 Å². The number of benzene rings is 4. The number of halogens is 15. The third kappa shape index (κ3) is 8.74. The molecule has 0 aromatic heterocycles. The maximum atomic E-state index is 14.9. The lowest BCUT2D eigenvalue weighted by atomic mass is 9.19. The molecule has 21 heteroatoms. The number of hydrogen-bond donors (Lipinski definition) is 1. The lowest BCUT2D eigenvalue weighted by Crippen LogP contribution is -3.00. The summed E-state index contributed by atoms with van der Waals surface area (Å²) < 4.78 is 232. The zero-order valence-electron chi connectivity index (χ0n) is 28.7. The molecule has 0 aliphatic rings. The predicted octanol–water partition coefficient (Wildman–Crippen LogP) is 7.75. The molecule has 1 N–H and O–H groups in total. The van der Waals surface area contributed by atoms with Crippen LogP contribution in [-0.4, -0.2) is 50.4 Å². The SMILES string of the molecule is CO[Si](C[B-](Cc1c(F)c(F)c(F)c(F)c1F)(Cc1c(F)c(F)c(F)c(F)c1F)Cc1c(F)c(F)c(F)c(F)c1F)(OC)OC.C[NH+](C)c1ccccc1. The Morgan fingerprint density at radius 3 is 0.870 bits per heavy atom. The maximum absolute atomic E-state index is 14.9. The van der Waals surface area contributed by atoms with Crippen LogP contribution in [0.2, 0.25) is 5.94 Å². The smallest absolute Gasteiger partial charge is 0.379 e. The van der Waals surface area contributed by atoms with Crippen LogP contribution in [0.3, 0.4) is 0 Å². The Bertz CT molecular complexity index is 1730. The van der Waals surface area contributed by atoms with Crippen LogP contribution in [0, 0.1) is 87.3 Å². The van der Waals surface area contributed by atoms with E-state index in [0.29, 0.717) is 0 Å². The minimum atomic E-state index is -4.52. The van der Waals surface area contributed by atoms with Crippen molar-refractivity contribution in [1.82, 2.24) is 0 Å². The molecular weight excluding hydrogens is 782 g/mol. The van der Waals surface area contributed by atoms with Crippen LogP contribution in [0.5, 0.6) is 0 Å². The third-order valence-electron chi connectivity index (χ3n) is 8.78. The van der Waals surface area contributed by atoms with Crippen LogP contribution in [0.15, 0.2) is 30.3 Å². The number of quaternary nitrogens is 1. The van der Waals surface area contributed by atoms with E-state index < -0.39 is 144 Å². The van der Waals surface area contributed by atoms with Gasteiger partial charge in [-0.3, -0.25) is 0 Å². The highest BCUT2D eigenvalue weighted by molar-refractivity contribution is 6.89. The van der Waals surface area contributed by atoms with E-state index in [4.69, 9.17) is 13.3 Å². The highest BCUT2D eigenvalue weighted by Gasteiger charge is 2.47. The molecule has 4 aromatic rings. The van der Waals surface area contributed by atoms with Gasteiger partial charge in [0.05, 0.1) is 14.1 Å². The van der Waals surface area contributed by atoms with Gasteiger partial charge in [0.1, 0.15) is 5.69 Å². The second kappa shape index (κ2) is 17.6. The molecule has 0 unspecified atom stereocenters. The van der Waals surface area contributed by atoms with Gasteiger partial charge >= 0.3 is 8.80 Å². The van der Waals surface area contributed by atoms with E-state index in [9.17, 15) is 65.9 Å². The van der Waals surface area contributed by atoms with Gasteiger partial charge in [0.2, 0.25) is 17.5 Å². The van der Waals surface area contributed by atoms with Gasteiger partial charge in [-0.05, 0) is 28.8 Å². The molecular formula is C33H29BF15NO3Si. The zero-order valence-corrected chi connectivity index (χ0v) is 29.7. The first-order chi connectivity index (χ1) is 25.1. The molecule has 0 fully saturated rings. The standard InChI is InChI=1S/C25H17BF15O3Si.C8H11N/c1-42-45(43-2,44-3)7-26(4-8-11(27)17(33)23(39)18(34)12(8)28,5-9-13(29)19(35)24(40)20(36)14(9)30)6-10-15(31)21(37)25(41)22(38)16(10)32;1-9(2)8-6-4-3-5-7-8/h4-7H2,1-3H3;3-7H,1-2H3/q-1;/p+1. The van der Waals surface area contributed by atoms with E-state index in [1.165, 1.54) is 10.6 Å². The second-order valence-electron chi connectivity index (χ2n) is 12.4. The molecule has 0 spiro atoms. The zero-order chi connectivity index (χ0) is 41.0. The normalized spacial score (nSPS) is 12.0. The van der Waals surface area contributed by atoms with E-state index in [1.54, 1.807) is 0 Å². The van der Waals surface area contributed by atoms with Crippen molar-refractivity contribution in [3.05, 3.63) is 134 Å². The molecule has 0 bridgehead atoms. The van der Waals surface area contributed by atoms with Crippen LogP contribution in [-0.2, 0) is 32.2 Å². The molecule has 296 valence electrons. The van der Waals surface area contributed by atoms with Gasteiger partial charge < -0.3 is 18.2 Å². The Hall–Kier alpha value is -4.05. The molecule has 0 amide bonds. The van der Waals surface area contributed by atoms with Gasteiger partial charge in [0, 0.05) is 27.5 Å². The minimum absolute atomic E-state index is 0.829. The molecule has 0 saturated carbocycles. The molecule has 0 saturated heterocycles. The van der Waals surface area contributed by atoms with E-state index in [1.807, 2.05) is 6.07 Å². The number of hydrogen-bond acceptors (Lipinski definition) is 3. The Balaban J connectivity index is 0.000000759. The van der Waals surface area contributed by atoms with Gasteiger partial charge in [-0.25, -0.2) is 65.9 Å². The highest BCUT2D eigenvalue weighted by atomic mass is 28.4. The van der Waals surface area contributed by atoms with Crippen molar-refractivity contribution in [2.45, 2.75) is 24.9 Å². The summed E-state index contributed by atoms with van der Waals surface area (Å²) in [6.45, 7) is 0. The first kappa shape index (κ1) is 44.3. The van der Waals surface area contributed by atoms with E-state index >= 15 is 0 Å². The summed E-state index contributed by atoms with van der Waals surface area (Å²) in [7, 11) is 2.20. The molecule has 4 rings (SSSR count). The summed E-state index contributed by atoms with van der Waals surface area (Å²) in [5.41, 5.74) is -4.20. The third-order valence-corrected chi connectivity index (χ3v) is 12.0. The lowest BCUT2D eigenvalue weighted by Gasteiger charge is -2.44. The molecule has 0 heterocycles. The van der Waals surface area contributed by atoms with Crippen LogP contribution in [0.4, 0.5) is 71.5 Å². The average Bonchev–Trinajstić information content (AvgIpc) is 3.18.